The average molecular weight is 371 g/mol. The van der Waals surface area contributed by atoms with Crippen LogP contribution in [0.2, 0.25) is 0 Å². The summed E-state index contributed by atoms with van der Waals surface area (Å²) < 4.78 is 10.2. The number of rotatable bonds is 9. The number of methoxy groups -OCH3 is 1. The molecule has 2 aromatic carbocycles. The summed E-state index contributed by atoms with van der Waals surface area (Å²) in [6.07, 6.45) is -1.47. The molecular weight excluding hydrogens is 350 g/mol. The van der Waals surface area contributed by atoms with Gasteiger partial charge in [-0.05, 0) is 11.1 Å². The maximum absolute atomic E-state index is 12.4. The lowest BCUT2D eigenvalue weighted by Crippen LogP contribution is -2.44. The van der Waals surface area contributed by atoms with Crippen molar-refractivity contribution in [2.24, 2.45) is 0 Å². The van der Waals surface area contributed by atoms with Crippen LogP contribution in [0.4, 0.5) is 0 Å². The minimum atomic E-state index is -1.41. The summed E-state index contributed by atoms with van der Waals surface area (Å²) in [4.78, 5) is 35.8. The van der Waals surface area contributed by atoms with Gasteiger partial charge in [0.15, 0.2) is 6.10 Å². The highest BCUT2D eigenvalue weighted by molar-refractivity contribution is 5.89. The maximum atomic E-state index is 12.4. The van der Waals surface area contributed by atoms with Gasteiger partial charge in [0.2, 0.25) is 0 Å². The van der Waals surface area contributed by atoms with Crippen molar-refractivity contribution in [1.82, 2.24) is 5.32 Å². The Morgan fingerprint density at radius 3 is 2.15 bits per heavy atom. The van der Waals surface area contributed by atoms with Crippen molar-refractivity contribution < 1.29 is 29.0 Å². The van der Waals surface area contributed by atoms with Crippen molar-refractivity contribution in [1.29, 1.82) is 0 Å². The molecule has 7 heteroatoms. The quantitative estimate of drug-likeness (QED) is 0.655. The van der Waals surface area contributed by atoms with Gasteiger partial charge < -0.3 is 19.9 Å². The molecule has 0 spiro atoms. The minimum absolute atomic E-state index is 0.0324. The van der Waals surface area contributed by atoms with Crippen molar-refractivity contribution in [2.75, 3.05) is 7.11 Å². The fourth-order valence-corrected chi connectivity index (χ4v) is 2.43. The number of benzene rings is 2. The number of aliphatic carboxylic acids is 1. The van der Waals surface area contributed by atoms with E-state index in [-0.39, 0.29) is 6.61 Å². The number of hydrogen-bond acceptors (Lipinski definition) is 5. The molecule has 2 rings (SSSR count). The van der Waals surface area contributed by atoms with E-state index in [0.29, 0.717) is 5.56 Å². The van der Waals surface area contributed by atoms with E-state index in [4.69, 9.17) is 9.47 Å². The first kappa shape index (κ1) is 20.1. The van der Waals surface area contributed by atoms with E-state index in [9.17, 15) is 19.5 Å². The Morgan fingerprint density at radius 1 is 1.00 bits per heavy atom. The van der Waals surface area contributed by atoms with E-state index in [0.717, 1.165) is 5.56 Å². The van der Waals surface area contributed by atoms with Gasteiger partial charge in [-0.1, -0.05) is 60.7 Å². The third-order valence-corrected chi connectivity index (χ3v) is 3.80. The molecule has 0 aromatic heterocycles. The van der Waals surface area contributed by atoms with Gasteiger partial charge in [-0.3, -0.25) is 9.59 Å². The Kier molecular flexibility index (Phi) is 7.51. The molecule has 0 saturated carbocycles. The maximum Gasteiger partial charge on any atom is 0.326 e. The molecule has 7 nitrogen and oxygen atoms in total. The molecular formula is C20H21NO6. The van der Waals surface area contributed by atoms with Crippen molar-refractivity contribution in [3.8, 4) is 0 Å². The van der Waals surface area contributed by atoms with Crippen LogP contribution in [0.25, 0.3) is 0 Å². The van der Waals surface area contributed by atoms with Crippen LogP contribution in [0.1, 0.15) is 23.7 Å². The highest BCUT2D eigenvalue weighted by atomic mass is 16.5. The second kappa shape index (κ2) is 10.1. The van der Waals surface area contributed by atoms with Crippen LogP contribution in [0.15, 0.2) is 60.7 Å². The molecule has 142 valence electrons. The van der Waals surface area contributed by atoms with Gasteiger partial charge in [0.25, 0.3) is 5.91 Å². The van der Waals surface area contributed by atoms with Crippen LogP contribution in [0.3, 0.4) is 0 Å². The SMILES string of the molecule is CO[C@@H](C(=O)N[C@@H](CC(=O)OCc1ccccc1)C(=O)O)c1ccccc1. The zero-order valence-electron chi connectivity index (χ0n) is 14.8. The van der Waals surface area contributed by atoms with Gasteiger partial charge in [-0.15, -0.1) is 0 Å². The standard InChI is InChI=1S/C20H21NO6/c1-26-18(15-10-6-3-7-11-15)19(23)21-16(20(24)25)12-17(22)27-13-14-8-4-2-5-9-14/h2-11,16,18H,12-13H2,1H3,(H,21,23)(H,24,25)/t16-,18+/m0/s1. The van der Waals surface area contributed by atoms with Crippen LogP contribution in [-0.2, 0) is 30.5 Å². The lowest BCUT2D eigenvalue weighted by atomic mass is 10.1. The molecule has 0 aliphatic carbocycles. The molecule has 2 N–H and O–H groups in total. The summed E-state index contributed by atoms with van der Waals surface area (Å²) in [6.45, 7) is 0.0324. The first-order valence-corrected chi connectivity index (χ1v) is 8.31. The molecule has 1 amide bonds. The summed E-state index contributed by atoms with van der Waals surface area (Å²) in [5.74, 6) is -2.70. The molecule has 0 fully saturated rings. The van der Waals surface area contributed by atoms with Crippen molar-refractivity contribution in [3.05, 3.63) is 71.8 Å². The van der Waals surface area contributed by atoms with Crippen molar-refractivity contribution in [2.45, 2.75) is 25.2 Å². The Labute approximate surface area is 156 Å². The number of amides is 1. The average Bonchev–Trinajstić information content (AvgIpc) is 2.68. The van der Waals surface area contributed by atoms with Gasteiger partial charge in [0.05, 0.1) is 6.42 Å². The Hall–Kier alpha value is -3.19. The predicted molar refractivity (Wildman–Crippen MR) is 96.6 cm³/mol. The molecule has 0 bridgehead atoms. The summed E-state index contributed by atoms with van der Waals surface area (Å²) in [5.41, 5.74) is 1.36. The number of esters is 1. The highest BCUT2D eigenvalue weighted by Crippen LogP contribution is 2.16. The third-order valence-electron chi connectivity index (χ3n) is 3.80. The second-order valence-electron chi connectivity index (χ2n) is 5.78. The molecule has 27 heavy (non-hydrogen) atoms. The van der Waals surface area contributed by atoms with E-state index in [2.05, 4.69) is 5.32 Å². The number of carbonyl (C=O) groups excluding carboxylic acids is 2. The molecule has 0 saturated heterocycles. The third kappa shape index (κ3) is 6.23. The smallest absolute Gasteiger partial charge is 0.326 e. The molecule has 2 atom stereocenters. The zero-order chi connectivity index (χ0) is 19.6. The fraction of sp³-hybridized carbons (Fsp3) is 0.250. The first-order valence-electron chi connectivity index (χ1n) is 8.31. The van der Waals surface area contributed by atoms with Gasteiger partial charge in [-0.2, -0.15) is 0 Å². The van der Waals surface area contributed by atoms with Gasteiger partial charge in [-0.25, -0.2) is 4.79 Å². The summed E-state index contributed by atoms with van der Waals surface area (Å²) >= 11 is 0. The van der Waals surface area contributed by atoms with Gasteiger partial charge in [0.1, 0.15) is 12.6 Å². The van der Waals surface area contributed by atoms with E-state index in [1.165, 1.54) is 7.11 Å². The normalized spacial score (nSPS) is 12.6. The first-order chi connectivity index (χ1) is 13.0. The molecule has 0 unspecified atom stereocenters. The Balaban J connectivity index is 1.94. The minimum Gasteiger partial charge on any atom is -0.480 e. The number of ether oxygens (including phenoxy) is 2. The topological polar surface area (TPSA) is 102 Å². The Morgan fingerprint density at radius 2 is 1.59 bits per heavy atom. The number of carboxylic acid groups (broad SMARTS) is 1. The predicted octanol–water partition coefficient (Wildman–Crippen LogP) is 2.08. The lowest BCUT2D eigenvalue weighted by Gasteiger charge is -2.19. The van der Waals surface area contributed by atoms with E-state index < -0.39 is 36.4 Å². The molecule has 0 heterocycles. The van der Waals surface area contributed by atoms with Gasteiger partial charge >= 0.3 is 11.9 Å². The summed E-state index contributed by atoms with van der Waals surface area (Å²) in [7, 11) is 1.35. The second-order valence-corrected chi connectivity index (χ2v) is 5.78. The number of nitrogens with one attached hydrogen (secondary N) is 1. The number of carboxylic acids is 1. The van der Waals surface area contributed by atoms with Crippen LogP contribution in [-0.4, -0.2) is 36.1 Å². The van der Waals surface area contributed by atoms with Gasteiger partial charge in [0, 0.05) is 7.11 Å². The molecule has 0 radical (unpaired) electrons. The van der Waals surface area contributed by atoms with Crippen LogP contribution in [0, 0.1) is 0 Å². The van der Waals surface area contributed by atoms with Crippen molar-refractivity contribution >= 4 is 17.8 Å². The summed E-state index contributed by atoms with van der Waals surface area (Å²) in [6, 6.07) is 16.2. The molecule has 2 aromatic rings. The van der Waals surface area contributed by atoms with E-state index in [1.54, 1.807) is 54.6 Å². The van der Waals surface area contributed by atoms with E-state index in [1.807, 2.05) is 6.07 Å². The number of hydrogen-bond donors (Lipinski definition) is 2. The monoisotopic (exact) mass is 371 g/mol. The number of carbonyl (C=O) groups is 3. The largest absolute Gasteiger partial charge is 0.480 e. The lowest BCUT2D eigenvalue weighted by molar-refractivity contribution is -0.152. The molecule has 0 aliphatic rings. The van der Waals surface area contributed by atoms with Crippen LogP contribution >= 0.6 is 0 Å². The fourth-order valence-electron chi connectivity index (χ4n) is 2.43. The zero-order valence-corrected chi connectivity index (χ0v) is 14.8. The van der Waals surface area contributed by atoms with Crippen molar-refractivity contribution in [3.63, 3.8) is 0 Å². The summed E-state index contributed by atoms with van der Waals surface area (Å²) in [5, 5.41) is 11.6. The highest BCUT2D eigenvalue weighted by Gasteiger charge is 2.28. The molecule has 0 aliphatic heterocycles. The van der Waals surface area contributed by atoms with Crippen LogP contribution in [0.5, 0.6) is 0 Å². The van der Waals surface area contributed by atoms with Crippen LogP contribution < -0.4 is 5.32 Å². The van der Waals surface area contributed by atoms with E-state index >= 15 is 0 Å². The Bertz CT molecular complexity index is 763.